The van der Waals surface area contributed by atoms with Crippen LogP contribution in [-0.2, 0) is 12.8 Å². The van der Waals surface area contributed by atoms with Gasteiger partial charge in [-0.2, -0.15) is 0 Å². The Morgan fingerprint density at radius 1 is 1.44 bits per heavy atom. The highest BCUT2D eigenvalue weighted by molar-refractivity contribution is 7.18. The first kappa shape index (κ1) is 16.7. The fourth-order valence-corrected chi connectivity index (χ4v) is 5.22. The number of hydrogen-bond acceptors (Lipinski definition) is 3. The minimum atomic E-state index is -0.497. The average Bonchev–Trinajstić information content (AvgIpc) is 2.95. The molecule has 2 aromatic heterocycles. The molecule has 0 bridgehead atoms. The summed E-state index contributed by atoms with van der Waals surface area (Å²) in [4.78, 5) is 20.0. The number of hydrogen-bond donors (Lipinski definition) is 0. The van der Waals surface area contributed by atoms with Gasteiger partial charge in [-0.05, 0) is 55.9 Å². The first-order chi connectivity index (χ1) is 12.0. The van der Waals surface area contributed by atoms with Crippen molar-refractivity contribution in [3.63, 3.8) is 0 Å². The van der Waals surface area contributed by atoms with E-state index in [2.05, 4.69) is 11.9 Å². The number of nitrogens with zero attached hydrogens (tertiary/aromatic N) is 2. The van der Waals surface area contributed by atoms with Crippen LogP contribution in [0.3, 0.4) is 0 Å². The van der Waals surface area contributed by atoms with Crippen LogP contribution in [0.5, 0.6) is 0 Å². The van der Waals surface area contributed by atoms with Gasteiger partial charge in [0.25, 0.3) is 5.56 Å². The van der Waals surface area contributed by atoms with Crippen molar-refractivity contribution in [1.29, 1.82) is 0 Å². The highest BCUT2D eigenvalue weighted by Gasteiger charge is 2.25. The third-order valence-corrected chi connectivity index (χ3v) is 6.53. The van der Waals surface area contributed by atoms with E-state index in [0.717, 1.165) is 35.0 Å². The van der Waals surface area contributed by atoms with Gasteiger partial charge in [-0.3, -0.25) is 9.36 Å². The third-order valence-electron chi connectivity index (χ3n) is 5.09. The van der Waals surface area contributed by atoms with Crippen LogP contribution in [0.2, 0.25) is 5.02 Å². The van der Waals surface area contributed by atoms with E-state index in [0.29, 0.717) is 17.4 Å². The molecule has 0 spiro atoms. The maximum absolute atomic E-state index is 13.5. The summed E-state index contributed by atoms with van der Waals surface area (Å²) in [7, 11) is 0. The van der Waals surface area contributed by atoms with Crippen molar-refractivity contribution in [2.75, 3.05) is 0 Å². The van der Waals surface area contributed by atoms with Gasteiger partial charge in [-0.1, -0.05) is 24.9 Å². The van der Waals surface area contributed by atoms with Crippen molar-refractivity contribution >= 4 is 33.2 Å². The molecular formula is C19H18ClFN2OS. The molecule has 1 aliphatic carbocycles. The molecule has 0 N–H and O–H groups in total. The smallest absolute Gasteiger partial charge is 0.267 e. The number of thiophene rings is 1. The molecule has 1 aliphatic rings. The highest BCUT2D eigenvalue weighted by atomic mass is 35.5. The van der Waals surface area contributed by atoms with E-state index in [1.54, 1.807) is 24.3 Å². The van der Waals surface area contributed by atoms with E-state index in [1.165, 1.54) is 28.0 Å². The zero-order valence-electron chi connectivity index (χ0n) is 14.1. The number of halogens is 2. The first-order valence-electron chi connectivity index (χ1n) is 8.49. The normalized spacial score (nSPS) is 17.0. The van der Waals surface area contributed by atoms with E-state index in [9.17, 15) is 9.18 Å². The molecule has 3 nitrogen and oxygen atoms in total. The van der Waals surface area contributed by atoms with Crippen LogP contribution >= 0.6 is 22.9 Å². The van der Waals surface area contributed by atoms with Crippen molar-refractivity contribution < 1.29 is 4.39 Å². The molecule has 2 heterocycles. The minimum absolute atomic E-state index is 0.00188. The molecule has 25 heavy (non-hydrogen) atoms. The molecule has 0 saturated carbocycles. The third kappa shape index (κ3) is 2.70. The van der Waals surface area contributed by atoms with Gasteiger partial charge >= 0.3 is 0 Å². The van der Waals surface area contributed by atoms with Crippen LogP contribution in [0.1, 0.15) is 36.0 Å². The molecule has 0 aliphatic heterocycles. The standard InChI is InChI=1S/C19H18ClFN2OS/c1-3-11-4-6-13-16(8-11)25-18-17(13)19(24)23(10(2)22-18)12-5-7-15(21)14(20)9-12/h5,7,9,11H,3-4,6,8H2,1-2H3/t11-/m1/s1. The molecule has 1 atom stereocenters. The predicted molar refractivity (Wildman–Crippen MR) is 101 cm³/mol. The van der Waals surface area contributed by atoms with Gasteiger partial charge in [-0.15, -0.1) is 11.3 Å². The molecule has 0 unspecified atom stereocenters. The summed E-state index contributed by atoms with van der Waals surface area (Å²) < 4.78 is 15.0. The second kappa shape index (κ2) is 6.22. The topological polar surface area (TPSA) is 34.9 Å². The van der Waals surface area contributed by atoms with Crippen molar-refractivity contribution in [2.45, 2.75) is 39.5 Å². The Labute approximate surface area is 154 Å². The van der Waals surface area contributed by atoms with E-state index in [-0.39, 0.29) is 10.6 Å². The fraction of sp³-hybridized carbons (Fsp3) is 0.368. The van der Waals surface area contributed by atoms with Gasteiger partial charge in [0.15, 0.2) is 0 Å². The molecule has 0 saturated heterocycles. The average molecular weight is 377 g/mol. The summed E-state index contributed by atoms with van der Waals surface area (Å²) in [5, 5.41) is 0.725. The lowest BCUT2D eigenvalue weighted by Gasteiger charge is -2.20. The maximum Gasteiger partial charge on any atom is 0.267 e. The Kier molecular flexibility index (Phi) is 4.16. The van der Waals surface area contributed by atoms with Crippen LogP contribution in [-0.4, -0.2) is 9.55 Å². The van der Waals surface area contributed by atoms with Crippen molar-refractivity contribution in [2.24, 2.45) is 5.92 Å². The van der Waals surface area contributed by atoms with Gasteiger partial charge in [-0.25, -0.2) is 9.37 Å². The monoisotopic (exact) mass is 376 g/mol. The lowest BCUT2D eigenvalue weighted by molar-refractivity contribution is 0.451. The van der Waals surface area contributed by atoms with E-state index in [4.69, 9.17) is 11.6 Å². The van der Waals surface area contributed by atoms with Gasteiger partial charge < -0.3 is 0 Å². The van der Waals surface area contributed by atoms with Gasteiger partial charge in [0.05, 0.1) is 16.1 Å². The number of fused-ring (bicyclic) bond motifs is 3. The van der Waals surface area contributed by atoms with E-state index >= 15 is 0 Å². The Morgan fingerprint density at radius 3 is 2.96 bits per heavy atom. The minimum Gasteiger partial charge on any atom is -0.268 e. The van der Waals surface area contributed by atoms with E-state index < -0.39 is 5.82 Å². The van der Waals surface area contributed by atoms with Gasteiger partial charge in [0.2, 0.25) is 0 Å². The lowest BCUT2D eigenvalue weighted by Crippen LogP contribution is -2.23. The molecule has 0 radical (unpaired) electrons. The molecule has 0 amide bonds. The van der Waals surface area contributed by atoms with Crippen molar-refractivity contribution in [3.05, 3.63) is 55.7 Å². The molecule has 3 aromatic rings. The summed E-state index contributed by atoms with van der Waals surface area (Å²) >= 11 is 7.55. The summed E-state index contributed by atoms with van der Waals surface area (Å²) in [5.41, 5.74) is 1.62. The summed E-state index contributed by atoms with van der Waals surface area (Å²) in [5.74, 6) is 0.786. The summed E-state index contributed by atoms with van der Waals surface area (Å²) in [6.07, 6.45) is 4.25. The van der Waals surface area contributed by atoms with Crippen molar-refractivity contribution in [3.8, 4) is 5.69 Å². The Bertz CT molecular complexity index is 1040. The number of aromatic nitrogens is 2. The van der Waals surface area contributed by atoms with Gasteiger partial charge in [0, 0.05) is 4.88 Å². The number of benzene rings is 1. The molecular weight excluding hydrogens is 359 g/mol. The zero-order valence-corrected chi connectivity index (χ0v) is 15.7. The lowest BCUT2D eigenvalue weighted by atomic mass is 9.86. The molecule has 1 aromatic carbocycles. The van der Waals surface area contributed by atoms with Crippen LogP contribution < -0.4 is 5.56 Å². The van der Waals surface area contributed by atoms with Crippen LogP contribution in [0.4, 0.5) is 4.39 Å². The first-order valence-corrected chi connectivity index (χ1v) is 9.68. The van der Waals surface area contributed by atoms with Crippen LogP contribution in [0, 0.1) is 18.7 Å². The molecule has 130 valence electrons. The maximum atomic E-state index is 13.5. The SMILES string of the molecule is CC[C@@H]1CCc2c(sc3nc(C)n(-c4ccc(F)c(Cl)c4)c(=O)c23)C1. The Morgan fingerprint density at radius 2 is 2.24 bits per heavy atom. The van der Waals surface area contributed by atoms with Crippen LogP contribution in [0.15, 0.2) is 23.0 Å². The number of aryl methyl sites for hydroxylation is 2. The van der Waals surface area contributed by atoms with Crippen LogP contribution in [0.25, 0.3) is 15.9 Å². The quantitative estimate of drug-likeness (QED) is 0.626. The summed E-state index contributed by atoms with van der Waals surface area (Å²) in [6.45, 7) is 4.02. The molecule has 6 heteroatoms. The highest BCUT2D eigenvalue weighted by Crippen LogP contribution is 2.37. The Hall–Kier alpha value is -1.72. The summed E-state index contributed by atoms with van der Waals surface area (Å²) in [6, 6.07) is 4.32. The second-order valence-electron chi connectivity index (χ2n) is 6.60. The number of rotatable bonds is 2. The Balaban J connectivity index is 1.95. The van der Waals surface area contributed by atoms with Crippen molar-refractivity contribution in [1.82, 2.24) is 9.55 Å². The zero-order chi connectivity index (χ0) is 17.7. The van der Waals surface area contributed by atoms with E-state index in [1.807, 2.05) is 0 Å². The molecule has 4 rings (SSSR count). The second-order valence-corrected chi connectivity index (χ2v) is 8.09. The predicted octanol–water partition coefficient (Wildman–Crippen LogP) is 5.06. The molecule has 0 fully saturated rings. The van der Waals surface area contributed by atoms with Gasteiger partial charge in [0.1, 0.15) is 16.5 Å². The largest absolute Gasteiger partial charge is 0.268 e. The fourth-order valence-electron chi connectivity index (χ4n) is 3.67.